The Balaban J connectivity index is 1.92. The van der Waals surface area contributed by atoms with Crippen LogP contribution in [0, 0.1) is 11.8 Å². The molecule has 4 nitrogen and oxygen atoms in total. The van der Waals surface area contributed by atoms with Crippen molar-refractivity contribution in [1.29, 1.82) is 0 Å². The first-order valence-corrected chi connectivity index (χ1v) is 6.44. The highest BCUT2D eigenvalue weighted by atomic mass is 16.5. The number of esters is 1. The molecule has 1 saturated heterocycles. The molecule has 0 N–H and O–H groups in total. The van der Waals surface area contributed by atoms with E-state index in [1.54, 1.807) is 0 Å². The summed E-state index contributed by atoms with van der Waals surface area (Å²) < 4.78 is 16.0. The largest absolute Gasteiger partial charge is 0.466 e. The first-order valence-electron chi connectivity index (χ1n) is 6.44. The molecule has 0 aromatic carbocycles. The molecule has 0 radical (unpaired) electrons. The lowest BCUT2D eigenvalue weighted by Crippen LogP contribution is -2.18. The van der Waals surface area contributed by atoms with Gasteiger partial charge < -0.3 is 14.2 Å². The fourth-order valence-corrected chi connectivity index (χ4v) is 1.97. The first kappa shape index (κ1) is 14.5. The number of carbonyl (C=O) groups excluding carboxylic acids is 1. The van der Waals surface area contributed by atoms with Gasteiger partial charge in [0.1, 0.15) is 0 Å². The van der Waals surface area contributed by atoms with Gasteiger partial charge in [-0.25, -0.2) is 0 Å². The normalized spacial score (nSPS) is 28.3. The molecule has 1 rings (SSSR count). The Kier molecular flexibility index (Phi) is 6.52. The Morgan fingerprint density at radius 1 is 1.29 bits per heavy atom. The van der Waals surface area contributed by atoms with Gasteiger partial charge in [0, 0.05) is 33.2 Å². The van der Waals surface area contributed by atoms with Gasteiger partial charge in [-0.3, -0.25) is 4.79 Å². The van der Waals surface area contributed by atoms with Crippen molar-refractivity contribution in [3.05, 3.63) is 0 Å². The van der Waals surface area contributed by atoms with E-state index < -0.39 is 0 Å². The summed E-state index contributed by atoms with van der Waals surface area (Å²) in [5, 5.41) is 0. The summed E-state index contributed by atoms with van der Waals surface area (Å²) in [5.74, 6) is 1.05. The smallest absolute Gasteiger partial charge is 0.302 e. The number of ether oxygens (including phenoxy) is 3. The second-order valence-electron chi connectivity index (χ2n) is 4.80. The highest BCUT2D eigenvalue weighted by Crippen LogP contribution is 2.27. The Morgan fingerprint density at radius 2 is 2.06 bits per heavy atom. The van der Waals surface area contributed by atoms with E-state index >= 15 is 0 Å². The number of hydrogen-bond acceptors (Lipinski definition) is 4. The van der Waals surface area contributed by atoms with Crippen LogP contribution in [0.1, 0.15) is 33.6 Å². The maximum Gasteiger partial charge on any atom is 0.302 e. The summed E-state index contributed by atoms with van der Waals surface area (Å²) in [6.45, 7) is 8.57. The quantitative estimate of drug-likeness (QED) is 0.507. The maximum absolute atomic E-state index is 10.5. The van der Waals surface area contributed by atoms with Crippen LogP contribution in [0.2, 0.25) is 0 Å². The molecule has 0 aliphatic carbocycles. The molecule has 1 fully saturated rings. The van der Waals surface area contributed by atoms with Gasteiger partial charge in [-0.05, 0) is 18.3 Å². The fraction of sp³-hybridized carbons (Fsp3) is 0.923. The predicted molar refractivity (Wildman–Crippen MR) is 64.8 cm³/mol. The SMILES string of the molecule is CC(=O)OCCCOCCC1OCC(C)[C@@H]1C. The number of carbonyl (C=O) groups is 1. The minimum Gasteiger partial charge on any atom is -0.466 e. The average Bonchev–Trinajstić information content (AvgIpc) is 2.59. The second kappa shape index (κ2) is 7.67. The van der Waals surface area contributed by atoms with Crippen LogP contribution in [0.25, 0.3) is 0 Å². The molecule has 100 valence electrons. The zero-order chi connectivity index (χ0) is 12.7. The van der Waals surface area contributed by atoms with Crippen LogP contribution in [0.15, 0.2) is 0 Å². The summed E-state index contributed by atoms with van der Waals surface area (Å²) in [6, 6.07) is 0. The third kappa shape index (κ3) is 5.50. The number of hydrogen-bond donors (Lipinski definition) is 0. The minimum atomic E-state index is -0.229. The summed E-state index contributed by atoms with van der Waals surface area (Å²) in [4.78, 5) is 10.5. The average molecular weight is 244 g/mol. The van der Waals surface area contributed by atoms with Gasteiger partial charge in [-0.2, -0.15) is 0 Å². The Morgan fingerprint density at radius 3 is 2.65 bits per heavy atom. The van der Waals surface area contributed by atoms with E-state index in [2.05, 4.69) is 13.8 Å². The van der Waals surface area contributed by atoms with Crippen LogP contribution in [-0.4, -0.2) is 38.5 Å². The number of rotatable bonds is 7. The molecule has 1 heterocycles. The summed E-state index contributed by atoms with van der Waals surface area (Å²) >= 11 is 0. The van der Waals surface area contributed by atoms with Gasteiger partial charge in [-0.15, -0.1) is 0 Å². The van der Waals surface area contributed by atoms with E-state index in [0.29, 0.717) is 31.2 Å². The van der Waals surface area contributed by atoms with Crippen LogP contribution in [-0.2, 0) is 19.0 Å². The van der Waals surface area contributed by atoms with E-state index in [1.165, 1.54) is 6.92 Å². The molecule has 1 aliphatic heterocycles. The summed E-state index contributed by atoms with van der Waals surface area (Å²) in [5.41, 5.74) is 0. The Hall–Kier alpha value is -0.610. The van der Waals surface area contributed by atoms with Crippen molar-refractivity contribution in [2.24, 2.45) is 11.8 Å². The molecular weight excluding hydrogens is 220 g/mol. The van der Waals surface area contributed by atoms with Gasteiger partial charge in [0.25, 0.3) is 0 Å². The van der Waals surface area contributed by atoms with Crippen LogP contribution in [0.5, 0.6) is 0 Å². The van der Waals surface area contributed by atoms with Crippen LogP contribution in [0.3, 0.4) is 0 Å². The molecule has 0 aromatic rings. The van der Waals surface area contributed by atoms with Crippen molar-refractivity contribution in [3.63, 3.8) is 0 Å². The van der Waals surface area contributed by atoms with Crippen molar-refractivity contribution in [3.8, 4) is 0 Å². The molecule has 0 saturated carbocycles. The van der Waals surface area contributed by atoms with Gasteiger partial charge in [0.05, 0.1) is 12.7 Å². The molecule has 4 heteroatoms. The van der Waals surface area contributed by atoms with Crippen molar-refractivity contribution in [1.82, 2.24) is 0 Å². The standard InChI is InChI=1S/C13H24O4/c1-10-9-17-13(11(10)2)5-8-15-6-4-7-16-12(3)14/h10-11,13H,4-9H2,1-3H3/t10?,11-,13?/m0/s1. The van der Waals surface area contributed by atoms with E-state index in [-0.39, 0.29) is 5.97 Å². The van der Waals surface area contributed by atoms with Crippen LogP contribution < -0.4 is 0 Å². The summed E-state index contributed by atoms with van der Waals surface area (Å²) in [7, 11) is 0. The lowest BCUT2D eigenvalue weighted by atomic mass is 9.93. The van der Waals surface area contributed by atoms with Crippen molar-refractivity contribution >= 4 is 5.97 Å². The zero-order valence-corrected chi connectivity index (χ0v) is 11.1. The Labute approximate surface area is 104 Å². The molecule has 2 unspecified atom stereocenters. The van der Waals surface area contributed by atoms with E-state index in [4.69, 9.17) is 14.2 Å². The van der Waals surface area contributed by atoms with Crippen molar-refractivity contribution in [2.75, 3.05) is 26.4 Å². The molecular formula is C13H24O4. The molecule has 0 aromatic heterocycles. The monoisotopic (exact) mass is 244 g/mol. The van der Waals surface area contributed by atoms with Gasteiger partial charge in [0.15, 0.2) is 0 Å². The lowest BCUT2D eigenvalue weighted by Gasteiger charge is -2.16. The van der Waals surface area contributed by atoms with Gasteiger partial charge >= 0.3 is 5.97 Å². The Bertz CT molecular complexity index is 229. The van der Waals surface area contributed by atoms with Crippen LogP contribution in [0.4, 0.5) is 0 Å². The molecule has 3 atom stereocenters. The maximum atomic E-state index is 10.5. The van der Waals surface area contributed by atoms with Gasteiger partial charge in [-0.1, -0.05) is 13.8 Å². The molecule has 0 amide bonds. The highest BCUT2D eigenvalue weighted by Gasteiger charge is 2.30. The third-order valence-electron chi connectivity index (χ3n) is 3.34. The predicted octanol–water partition coefficient (Wildman–Crippen LogP) is 2.02. The van der Waals surface area contributed by atoms with Gasteiger partial charge in [0.2, 0.25) is 0 Å². The van der Waals surface area contributed by atoms with Crippen molar-refractivity contribution in [2.45, 2.75) is 39.7 Å². The third-order valence-corrected chi connectivity index (χ3v) is 3.34. The van der Waals surface area contributed by atoms with E-state index in [0.717, 1.165) is 26.1 Å². The fourth-order valence-electron chi connectivity index (χ4n) is 1.97. The first-order chi connectivity index (χ1) is 8.11. The summed E-state index contributed by atoms with van der Waals surface area (Å²) in [6.07, 6.45) is 2.06. The van der Waals surface area contributed by atoms with Crippen LogP contribution >= 0.6 is 0 Å². The molecule has 0 spiro atoms. The minimum absolute atomic E-state index is 0.229. The lowest BCUT2D eigenvalue weighted by molar-refractivity contribution is -0.141. The van der Waals surface area contributed by atoms with Crippen molar-refractivity contribution < 1.29 is 19.0 Å². The van der Waals surface area contributed by atoms with E-state index in [1.807, 2.05) is 0 Å². The molecule has 1 aliphatic rings. The second-order valence-corrected chi connectivity index (χ2v) is 4.80. The molecule has 17 heavy (non-hydrogen) atoms. The zero-order valence-electron chi connectivity index (χ0n) is 11.1. The van der Waals surface area contributed by atoms with E-state index in [9.17, 15) is 4.79 Å². The molecule has 0 bridgehead atoms. The topological polar surface area (TPSA) is 44.8 Å². The highest BCUT2D eigenvalue weighted by molar-refractivity contribution is 5.65.